The van der Waals surface area contributed by atoms with E-state index in [1.807, 2.05) is 24.3 Å². The molecule has 0 aliphatic rings. The van der Waals surface area contributed by atoms with E-state index >= 15 is 0 Å². The molecular weight excluding hydrogens is 214 g/mol. The van der Waals surface area contributed by atoms with Crippen LogP contribution in [0.4, 0.5) is 5.82 Å². The predicted octanol–water partition coefficient (Wildman–Crippen LogP) is 2.52. The number of benzene rings is 1. The van der Waals surface area contributed by atoms with Crippen molar-refractivity contribution >= 4 is 16.7 Å². The number of H-pyrrole nitrogens is 1. The molecule has 4 N–H and O–H groups in total. The first-order chi connectivity index (χ1) is 8.24. The molecular formula is C13H11N3O. The van der Waals surface area contributed by atoms with Crippen molar-refractivity contribution in [3.8, 4) is 17.0 Å². The number of pyridine rings is 1. The SMILES string of the molecule is Nc1ccc(-c2cc3cccc(O)c3[nH]2)cn1. The highest BCUT2D eigenvalue weighted by molar-refractivity contribution is 5.89. The number of aromatic nitrogens is 2. The minimum Gasteiger partial charge on any atom is -0.506 e. The molecule has 0 aliphatic heterocycles. The number of nitrogens with one attached hydrogen (secondary N) is 1. The van der Waals surface area contributed by atoms with Crippen LogP contribution >= 0.6 is 0 Å². The number of fused-ring (bicyclic) bond motifs is 1. The fourth-order valence-corrected chi connectivity index (χ4v) is 1.86. The summed E-state index contributed by atoms with van der Waals surface area (Å²) < 4.78 is 0. The average Bonchev–Trinajstić information content (AvgIpc) is 2.75. The van der Waals surface area contributed by atoms with Gasteiger partial charge in [-0.25, -0.2) is 4.98 Å². The summed E-state index contributed by atoms with van der Waals surface area (Å²) in [6.07, 6.45) is 1.71. The van der Waals surface area contributed by atoms with Crippen LogP contribution in [0.5, 0.6) is 5.75 Å². The van der Waals surface area contributed by atoms with Crippen molar-refractivity contribution < 1.29 is 5.11 Å². The first-order valence-corrected chi connectivity index (χ1v) is 5.26. The second kappa shape index (κ2) is 3.52. The maximum absolute atomic E-state index is 9.71. The van der Waals surface area contributed by atoms with Gasteiger partial charge in [0.15, 0.2) is 0 Å². The number of phenolic OH excluding ortho intramolecular Hbond substituents is 1. The van der Waals surface area contributed by atoms with Gasteiger partial charge in [0.25, 0.3) is 0 Å². The number of para-hydroxylation sites is 1. The summed E-state index contributed by atoms with van der Waals surface area (Å²) in [5, 5.41) is 10.7. The van der Waals surface area contributed by atoms with E-state index in [9.17, 15) is 5.11 Å². The van der Waals surface area contributed by atoms with Crippen LogP contribution in [0, 0.1) is 0 Å². The molecule has 4 heteroatoms. The number of nitrogens with two attached hydrogens (primary N) is 1. The normalized spacial score (nSPS) is 10.8. The Hall–Kier alpha value is -2.49. The van der Waals surface area contributed by atoms with Crippen LogP contribution in [-0.2, 0) is 0 Å². The third-order valence-electron chi connectivity index (χ3n) is 2.73. The minimum absolute atomic E-state index is 0.247. The Morgan fingerprint density at radius 3 is 2.76 bits per heavy atom. The lowest BCUT2D eigenvalue weighted by molar-refractivity contribution is 0.480. The van der Waals surface area contributed by atoms with Crippen molar-refractivity contribution in [2.75, 3.05) is 5.73 Å². The maximum Gasteiger partial charge on any atom is 0.139 e. The lowest BCUT2D eigenvalue weighted by atomic mass is 10.2. The van der Waals surface area contributed by atoms with Gasteiger partial charge in [-0.3, -0.25) is 0 Å². The van der Waals surface area contributed by atoms with Gasteiger partial charge in [0.05, 0.1) is 5.52 Å². The van der Waals surface area contributed by atoms with E-state index < -0.39 is 0 Å². The van der Waals surface area contributed by atoms with Gasteiger partial charge >= 0.3 is 0 Å². The third-order valence-corrected chi connectivity index (χ3v) is 2.73. The molecule has 0 saturated carbocycles. The van der Waals surface area contributed by atoms with Crippen LogP contribution in [0.1, 0.15) is 0 Å². The molecule has 3 aromatic rings. The zero-order chi connectivity index (χ0) is 11.8. The quantitative estimate of drug-likeness (QED) is 0.595. The predicted molar refractivity (Wildman–Crippen MR) is 67.6 cm³/mol. The molecule has 17 heavy (non-hydrogen) atoms. The third kappa shape index (κ3) is 1.59. The number of aromatic amines is 1. The lowest BCUT2D eigenvalue weighted by Gasteiger charge is -1.97. The smallest absolute Gasteiger partial charge is 0.139 e. The first-order valence-electron chi connectivity index (χ1n) is 5.26. The molecule has 0 amide bonds. The Balaban J connectivity index is 2.18. The summed E-state index contributed by atoms with van der Waals surface area (Å²) in [4.78, 5) is 7.21. The maximum atomic E-state index is 9.71. The summed E-state index contributed by atoms with van der Waals surface area (Å²) in [6, 6.07) is 11.0. The first kappa shape index (κ1) is 9.72. The van der Waals surface area contributed by atoms with Gasteiger partial charge in [-0.15, -0.1) is 0 Å². The van der Waals surface area contributed by atoms with E-state index in [1.165, 1.54) is 0 Å². The van der Waals surface area contributed by atoms with E-state index in [0.717, 1.165) is 22.2 Å². The van der Waals surface area contributed by atoms with Gasteiger partial charge < -0.3 is 15.8 Å². The number of hydrogen-bond donors (Lipinski definition) is 3. The Morgan fingerprint density at radius 2 is 2.06 bits per heavy atom. The highest BCUT2D eigenvalue weighted by Crippen LogP contribution is 2.28. The molecule has 4 nitrogen and oxygen atoms in total. The monoisotopic (exact) mass is 225 g/mol. The van der Waals surface area contributed by atoms with Gasteiger partial charge in [-0.1, -0.05) is 12.1 Å². The molecule has 1 aromatic carbocycles. The van der Waals surface area contributed by atoms with Gasteiger partial charge in [0, 0.05) is 22.8 Å². The fourth-order valence-electron chi connectivity index (χ4n) is 1.86. The van der Waals surface area contributed by atoms with Crippen LogP contribution in [0.25, 0.3) is 22.2 Å². The molecule has 2 heterocycles. The van der Waals surface area contributed by atoms with E-state index in [4.69, 9.17) is 5.73 Å². The Kier molecular flexibility index (Phi) is 2.01. The number of phenols is 1. The van der Waals surface area contributed by atoms with Gasteiger partial charge in [-0.05, 0) is 24.3 Å². The largest absolute Gasteiger partial charge is 0.506 e. The number of nitrogens with zero attached hydrogens (tertiary/aromatic N) is 1. The molecule has 3 rings (SSSR count). The second-order valence-corrected chi connectivity index (χ2v) is 3.90. The molecule has 84 valence electrons. The highest BCUT2D eigenvalue weighted by atomic mass is 16.3. The highest BCUT2D eigenvalue weighted by Gasteiger charge is 2.06. The summed E-state index contributed by atoms with van der Waals surface area (Å²) in [6.45, 7) is 0. The summed E-state index contributed by atoms with van der Waals surface area (Å²) in [5.41, 5.74) is 8.13. The average molecular weight is 225 g/mol. The van der Waals surface area contributed by atoms with Crippen molar-refractivity contribution in [3.05, 3.63) is 42.6 Å². The lowest BCUT2D eigenvalue weighted by Crippen LogP contribution is -1.88. The molecule has 0 fully saturated rings. The molecule has 0 aliphatic carbocycles. The molecule has 0 bridgehead atoms. The van der Waals surface area contributed by atoms with E-state index in [-0.39, 0.29) is 5.75 Å². The van der Waals surface area contributed by atoms with E-state index in [2.05, 4.69) is 9.97 Å². The summed E-state index contributed by atoms with van der Waals surface area (Å²) in [7, 11) is 0. The van der Waals surface area contributed by atoms with Crippen LogP contribution < -0.4 is 5.73 Å². The fraction of sp³-hybridized carbons (Fsp3) is 0. The molecule has 0 saturated heterocycles. The van der Waals surface area contributed by atoms with Crippen LogP contribution in [-0.4, -0.2) is 15.1 Å². The van der Waals surface area contributed by atoms with Crippen molar-refractivity contribution in [3.63, 3.8) is 0 Å². The van der Waals surface area contributed by atoms with Crippen molar-refractivity contribution in [2.45, 2.75) is 0 Å². The van der Waals surface area contributed by atoms with E-state index in [0.29, 0.717) is 5.82 Å². The molecule has 0 spiro atoms. The minimum atomic E-state index is 0.247. The summed E-state index contributed by atoms with van der Waals surface area (Å²) >= 11 is 0. The van der Waals surface area contributed by atoms with Crippen molar-refractivity contribution in [1.82, 2.24) is 9.97 Å². The van der Waals surface area contributed by atoms with Crippen LogP contribution in [0.15, 0.2) is 42.6 Å². The molecule has 0 radical (unpaired) electrons. The number of hydrogen-bond acceptors (Lipinski definition) is 3. The Labute approximate surface area is 97.7 Å². The Bertz CT molecular complexity index is 671. The van der Waals surface area contributed by atoms with Crippen LogP contribution in [0.2, 0.25) is 0 Å². The van der Waals surface area contributed by atoms with Crippen molar-refractivity contribution in [1.29, 1.82) is 0 Å². The zero-order valence-electron chi connectivity index (χ0n) is 9.01. The molecule has 2 aromatic heterocycles. The van der Waals surface area contributed by atoms with Crippen molar-refractivity contribution in [2.24, 2.45) is 0 Å². The van der Waals surface area contributed by atoms with Gasteiger partial charge in [0.2, 0.25) is 0 Å². The topological polar surface area (TPSA) is 74.9 Å². The Morgan fingerprint density at radius 1 is 1.18 bits per heavy atom. The van der Waals surface area contributed by atoms with E-state index in [1.54, 1.807) is 18.3 Å². The zero-order valence-corrected chi connectivity index (χ0v) is 9.01. The number of aromatic hydroxyl groups is 1. The summed E-state index contributed by atoms with van der Waals surface area (Å²) in [5.74, 6) is 0.741. The standard InChI is InChI=1S/C13H11N3O/c14-12-5-4-9(7-15-12)10-6-8-2-1-3-11(17)13(8)16-10/h1-7,16-17H,(H2,14,15). The van der Waals surface area contributed by atoms with Crippen LogP contribution in [0.3, 0.4) is 0 Å². The number of rotatable bonds is 1. The molecule has 0 atom stereocenters. The van der Waals surface area contributed by atoms with Gasteiger partial charge in [-0.2, -0.15) is 0 Å². The van der Waals surface area contributed by atoms with Gasteiger partial charge in [0.1, 0.15) is 11.6 Å². The molecule has 0 unspecified atom stereocenters. The number of anilines is 1. The number of nitrogen functional groups attached to an aromatic ring is 1. The second-order valence-electron chi connectivity index (χ2n) is 3.90.